The molecule has 2 atom stereocenters. The second kappa shape index (κ2) is 7.13. The number of anilines is 1. The molecule has 0 radical (unpaired) electrons. The van der Waals surface area contributed by atoms with Crippen LogP contribution < -0.4 is 11.1 Å². The van der Waals surface area contributed by atoms with Crippen LogP contribution in [-0.4, -0.2) is 17.6 Å². The fourth-order valence-corrected chi connectivity index (χ4v) is 1.91. The maximum Gasteiger partial charge on any atom is 0.228 e. The Morgan fingerprint density at radius 3 is 2.67 bits per heavy atom. The third-order valence-electron chi connectivity index (χ3n) is 2.96. The van der Waals surface area contributed by atoms with Crippen LogP contribution in [0.4, 0.5) is 5.69 Å². The summed E-state index contributed by atoms with van der Waals surface area (Å²) < 4.78 is 0. The fourth-order valence-electron chi connectivity index (χ4n) is 1.91. The molecule has 0 saturated heterocycles. The van der Waals surface area contributed by atoms with E-state index in [2.05, 4.69) is 5.32 Å². The molecule has 1 rings (SSSR count). The Hall–Kier alpha value is -1.39. The summed E-state index contributed by atoms with van der Waals surface area (Å²) in [5.74, 6) is -0.246. The zero-order valence-corrected chi connectivity index (χ0v) is 11.0. The van der Waals surface area contributed by atoms with Crippen LogP contribution in [0.15, 0.2) is 24.3 Å². The van der Waals surface area contributed by atoms with Crippen LogP contribution in [0.25, 0.3) is 0 Å². The summed E-state index contributed by atoms with van der Waals surface area (Å²) in [6, 6.07) is 7.26. The first-order valence-corrected chi connectivity index (χ1v) is 6.38. The highest BCUT2D eigenvalue weighted by atomic mass is 16.3. The lowest BCUT2D eigenvalue weighted by Crippen LogP contribution is -2.29. The number of para-hydroxylation sites is 1. The minimum atomic E-state index is -0.607. The van der Waals surface area contributed by atoms with Crippen molar-refractivity contribution in [1.82, 2.24) is 0 Å². The number of rotatable bonds is 6. The molecular formula is C14H22N2O2. The number of nitrogens with two attached hydrogens (primary N) is 1. The van der Waals surface area contributed by atoms with Gasteiger partial charge >= 0.3 is 0 Å². The lowest BCUT2D eigenvalue weighted by atomic mass is 10.0. The molecule has 0 aliphatic heterocycles. The molecule has 0 saturated carbocycles. The van der Waals surface area contributed by atoms with Gasteiger partial charge in [0, 0.05) is 17.8 Å². The van der Waals surface area contributed by atoms with E-state index in [1.807, 2.05) is 19.1 Å². The highest BCUT2D eigenvalue weighted by Crippen LogP contribution is 2.23. The van der Waals surface area contributed by atoms with Crippen LogP contribution in [-0.2, 0) is 4.79 Å². The van der Waals surface area contributed by atoms with Crippen molar-refractivity contribution in [2.24, 2.45) is 11.7 Å². The maximum atomic E-state index is 12.0. The van der Waals surface area contributed by atoms with Crippen LogP contribution in [0.5, 0.6) is 0 Å². The normalized spacial score (nSPS) is 14.0. The topological polar surface area (TPSA) is 75.4 Å². The summed E-state index contributed by atoms with van der Waals surface area (Å²) >= 11 is 0. The SMILES string of the molecule is CCCC(CN)C(=O)Nc1ccccc1C(C)O. The Bertz CT molecular complexity index is 391. The first kappa shape index (κ1) is 14.7. The number of hydrogen-bond acceptors (Lipinski definition) is 3. The standard InChI is InChI=1S/C14H22N2O2/c1-3-6-11(9-15)14(18)16-13-8-5-4-7-12(13)10(2)17/h4-5,7-8,10-11,17H,3,6,9,15H2,1-2H3,(H,16,18). The third-order valence-corrected chi connectivity index (χ3v) is 2.96. The Morgan fingerprint density at radius 2 is 2.11 bits per heavy atom. The van der Waals surface area contributed by atoms with Crippen molar-refractivity contribution in [3.05, 3.63) is 29.8 Å². The molecule has 4 heteroatoms. The monoisotopic (exact) mass is 250 g/mol. The van der Waals surface area contributed by atoms with Crippen molar-refractivity contribution < 1.29 is 9.90 Å². The lowest BCUT2D eigenvalue weighted by molar-refractivity contribution is -0.119. The Morgan fingerprint density at radius 1 is 1.44 bits per heavy atom. The Balaban J connectivity index is 2.80. The second-order valence-electron chi connectivity index (χ2n) is 4.47. The minimum Gasteiger partial charge on any atom is -0.389 e. The summed E-state index contributed by atoms with van der Waals surface area (Å²) in [7, 11) is 0. The van der Waals surface area contributed by atoms with Crippen LogP contribution in [0.2, 0.25) is 0 Å². The molecule has 0 heterocycles. The van der Waals surface area contributed by atoms with E-state index in [4.69, 9.17) is 5.73 Å². The van der Waals surface area contributed by atoms with Crippen LogP contribution in [0.1, 0.15) is 38.4 Å². The van der Waals surface area contributed by atoms with Crippen molar-refractivity contribution in [1.29, 1.82) is 0 Å². The molecule has 18 heavy (non-hydrogen) atoms. The van der Waals surface area contributed by atoms with Crippen molar-refractivity contribution in [2.45, 2.75) is 32.8 Å². The number of aliphatic hydroxyl groups excluding tert-OH is 1. The Labute approximate surface area is 108 Å². The first-order valence-electron chi connectivity index (χ1n) is 6.38. The number of carbonyl (C=O) groups is 1. The van der Waals surface area contributed by atoms with E-state index in [1.54, 1.807) is 19.1 Å². The summed E-state index contributed by atoms with van der Waals surface area (Å²) in [6.45, 7) is 4.05. The molecular weight excluding hydrogens is 228 g/mol. The smallest absolute Gasteiger partial charge is 0.228 e. The summed E-state index contributed by atoms with van der Waals surface area (Å²) in [6.07, 6.45) is 1.09. The summed E-state index contributed by atoms with van der Waals surface area (Å²) in [4.78, 5) is 12.0. The average molecular weight is 250 g/mol. The molecule has 4 N–H and O–H groups in total. The predicted molar refractivity (Wildman–Crippen MR) is 73.2 cm³/mol. The highest BCUT2D eigenvalue weighted by Gasteiger charge is 2.17. The molecule has 100 valence electrons. The van der Waals surface area contributed by atoms with E-state index < -0.39 is 6.10 Å². The van der Waals surface area contributed by atoms with Crippen molar-refractivity contribution in [3.8, 4) is 0 Å². The van der Waals surface area contributed by atoms with E-state index >= 15 is 0 Å². The van der Waals surface area contributed by atoms with Gasteiger partial charge in [-0.15, -0.1) is 0 Å². The van der Waals surface area contributed by atoms with Crippen LogP contribution in [0.3, 0.4) is 0 Å². The number of benzene rings is 1. The van der Waals surface area contributed by atoms with E-state index in [1.165, 1.54) is 0 Å². The molecule has 1 aromatic carbocycles. The number of carbonyl (C=O) groups excluding carboxylic acids is 1. The number of aliphatic hydroxyl groups is 1. The van der Waals surface area contributed by atoms with Gasteiger partial charge in [-0.3, -0.25) is 4.79 Å². The van der Waals surface area contributed by atoms with Crippen molar-refractivity contribution in [3.63, 3.8) is 0 Å². The molecule has 0 aliphatic rings. The maximum absolute atomic E-state index is 12.0. The zero-order valence-electron chi connectivity index (χ0n) is 11.0. The number of amides is 1. The van der Waals surface area contributed by atoms with Gasteiger partial charge in [0.05, 0.1) is 12.0 Å². The lowest BCUT2D eigenvalue weighted by Gasteiger charge is -2.17. The molecule has 0 fully saturated rings. The molecule has 0 spiro atoms. The van der Waals surface area contributed by atoms with E-state index in [9.17, 15) is 9.90 Å². The van der Waals surface area contributed by atoms with Crippen LogP contribution in [0, 0.1) is 5.92 Å². The third kappa shape index (κ3) is 3.82. The van der Waals surface area contributed by atoms with E-state index in [0.29, 0.717) is 12.2 Å². The van der Waals surface area contributed by atoms with Gasteiger partial charge in [-0.2, -0.15) is 0 Å². The van der Waals surface area contributed by atoms with Gasteiger partial charge in [-0.1, -0.05) is 31.5 Å². The van der Waals surface area contributed by atoms with Gasteiger partial charge in [-0.25, -0.2) is 0 Å². The van der Waals surface area contributed by atoms with Crippen molar-refractivity contribution >= 4 is 11.6 Å². The van der Waals surface area contributed by atoms with Crippen LogP contribution >= 0.6 is 0 Å². The average Bonchev–Trinajstić information content (AvgIpc) is 2.36. The zero-order chi connectivity index (χ0) is 13.5. The highest BCUT2D eigenvalue weighted by molar-refractivity contribution is 5.93. The van der Waals surface area contributed by atoms with Gasteiger partial charge in [0.1, 0.15) is 0 Å². The predicted octanol–water partition coefficient (Wildman–Crippen LogP) is 2.05. The van der Waals surface area contributed by atoms with Gasteiger partial charge in [0.25, 0.3) is 0 Å². The van der Waals surface area contributed by atoms with Gasteiger partial charge in [0.2, 0.25) is 5.91 Å². The molecule has 0 aromatic heterocycles. The molecule has 0 aliphatic carbocycles. The molecule has 4 nitrogen and oxygen atoms in total. The number of hydrogen-bond donors (Lipinski definition) is 3. The number of nitrogens with one attached hydrogen (secondary N) is 1. The molecule has 1 aromatic rings. The summed E-state index contributed by atoms with van der Waals surface area (Å²) in [5, 5.41) is 12.5. The van der Waals surface area contributed by atoms with Gasteiger partial charge < -0.3 is 16.2 Å². The molecule has 0 bridgehead atoms. The minimum absolute atomic E-state index is 0.0764. The van der Waals surface area contributed by atoms with E-state index in [-0.39, 0.29) is 11.8 Å². The molecule has 2 unspecified atom stereocenters. The molecule has 1 amide bonds. The van der Waals surface area contributed by atoms with Crippen molar-refractivity contribution in [2.75, 3.05) is 11.9 Å². The summed E-state index contributed by atoms with van der Waals surface area (Å²) in [5.41, 5.74) is 6.98. The first-order chi connectivity index (χ1) is 8.60. The largest absolute Gasteiger partial charge is 0.389 e. The van der Waals surface area contributed by atoms with E-state index in [0.717, 1.165) is 18.4 Å². The quantitative estimate of drug-likeness (QED) is 0.723. The van der Waals surface area contributed by atoms with Gasteiger partial charge in [0.15, 0.2) is 0 Å². The second-order valence-corrected chi connectivity index (χ2v) is 4.47. The van der Waals surface area contributed by atoms with Gasteiger partial charge in [-0.05, 0) is 19.4 Å². The Kier molecular flexibility index (Phi) is 5.82. The fraction of sp³-hybridized carbons (Fsp3) is 0.500.